The number of aromatic nitrogens is 2. The lowest BCUT2D eigenvalue weighted by Gasteiger charge is -2.16. The maximum atomic E-state index is 13.4. The number of halogens is 2. The third kappa shape index (κ3) is 2.44. The standard InChI is InChI=1S/C12H13BrFN3O/c1-3-12(2,15)11-16-10(18-17-11)7-4-5-8(13)9(14)6-7/h4-6H,3,15H2,1-2H3. The summed E-state index contributed by atoms with van der Waals surface area (Å²) in [7, 11) is 0. The van der Waals surface area contributed by atoms with Crippen LogP contribution in [0.15, 0.2) is 27.2 Å². The minimum absolute atomic E-state index is 0.265. The van der Waals surface area contributed by atoms with Gasteiger partial charge in [-0.15, -0.1) is 0 Å². The molecule has 1 unspecified atom stereocenters. The zero-order chi connectivity index (χ0) is 13.3. The maximum absolute atomic E-state index is 13.4. The molecule has 4 nitrogen and oxygen atoms in total. The molecule has 0 aliphatic carbocycles. The van der Waals surface area contributed by atoms with Gasteiger partial charge in [0.2, 0.25) is 0 Å². The number of nitrogens with two attached hydrogens (primary N) is 1. The topological polar surface area (TPSA) is 64.9 Å². The van der Waals surface area contributed by atoms with Gasteiger partial charge in [-0.3, -0.25) is 0 Å². The van der Waals surface area contributed by atoms with E-state index < -0.39 is 5.54 Å². The fraction of sp³-hybridized carbons (Fsp3) is 0.333. The van der Waals surface area contributed by atoms with Crippen molar-refractivity contribution in [3.8, 4) is 11.5 Å². The van der Waals surface area contributed by atoms with Crippen LogP contribution in [-0.2, 0) is 5.54 Å². The first kappa shape index (κ1) is 13.2. The summed E-state index contributed by atoms with van der Waals surface area (Å²) in [5.74, 6) is 0.308. The predicted molar refractivity (Wildman–Crippen MR) is 69.2 cm³/mol. The molecule has 0 saturated carbocycles. The fourth-order valence-corrected chi connectivity index (χ4v) is 1.61. The van der Waals surface area contributed by atoms with E-state index in [4.69, 9.17) is 10.3 Å². The van der Waals surface area contributed by atoms with Gasteiger partial charge in [-0.25, -0.2) is 4.39 Å². The Balaban J connectivity index is 2.38. The Morgan fingerprint density at radius 3 is 2.83 bits per heavy atom. The van der Waals surface area contributed by atoms with Gasteiger partial charge in [0.1, 0.15) is 5.82 Å². The Labute approximate surface area is 113 Å². The van der Waals surface area contributed by atoms with Gasteiger partial charge in [0.05, 0.1) is 10.0 Å². The van der Waals surface area contributed by atoms with Crippen LogP contribution in [0.1, 0.15) is 26.1 Å². The Kier molecular flexibility index (Phi) is 3.49. The molecule has 0 bridgehead atoms. The van der Waals surface area contributed by atoms with E-state index in [1.54, 1.807) is 12.1 Å². The summed E-state index contributed by atoms with van der Waals surface area (Å²) in [5.41, 5.74) is 5.90. The Bertz CT molecular complexity index is 568. The first-order chi connectivity index (χ1) is 8.44. The zero-order valence-corrected chi connectivity index (χ0v) is 11.7. The van der Waals surface area contributed by atoms with E-state index in [9.17, 15) is 4.39 Å². The summed E-state index contributed by atoms with van der Waals surface area (Å²) in [6, 6.07) is 4.63. The van der Waals surface area contributed by atoms with E-state index in [-0.39, 0.29) is 11.7 Å². The zero-order valence-electron chi connectivity index (χ0n) is 10.1. The minimum Gasteiger partial charge on any atom is -0.334 e. The van der Waals surface area contributed by atoms with Crippen LogP contribution in [0.3, 0.4) is 0 Å². The first-order valence-corrected chi connectivity index (χ1v) is 6.32. The summed E-state index contributed by atoms with van der Waals surface area (Å²) in [6.45, 7) is 3.76. The molecule has 0 spiro atoms. The highest BCUT2D eigenvalue weighted by molar-refractivity contribution is 9.10. The molecule has 0 aliphatic rings. The van der Waals surface area contributed by atoms with Crippen molar-refractivity contribution in [1.29, 1.82) is 0 Å². The summed E-state index contributed by atoms with van der Waals surface area (Å²) in [6.07, 6.45) is 0.681. The number of hydrogen-bond acceptors (Lipinski definition) is 4. The third-order valence-electron chi connectivity index (χ3n) is 2.84. The molecule has 1 heterocycles. The Morgan fingerprint density at radius 1 is 1.50 bits per heavy atom. The largest absolute Gasteiger partial charge is 0.334 e. The van der Waals surface area contributed by atoms with Crippen LogP contribution in [0.5, 0.6) is 0 Å². The minimum atomic E-state index is -0.643. The predicted octanol–water partition coefficient (Wildman–Crippen LogP) is 3.22. The van der Waals surface area contributed by atoms with Crippen molar-refractivity contribution in [3.05, 3.63) is 34.3 Å². The van der Waals surface area contributed by atoms with Crippen LogP contribution in [0.4, 0.5) is 4.39 Å². The van der Waals surface area contributed by atoms with E-state index in [0.29, 0.717) is 22.3 Å². The lowest BCUT2D eigenvalue weighted by Crippen LogP contribution is -2.33. The van der Waals surface area contributed by atoms with Gasteiger partial charge in [-0.2, -0.15) is 4.98 Å². The number of rotatable bonds is 3. The molecule has 0 aliphatic heterocycles. The Morgan fingerprint density at radius 2 is 2.22 bits per heavy atom. The molecule has 0 amide bonds. The summed E-state index contributed by atoms with van der Waals surface area (Å²) in [5, 5.41) is 3.84. The highest BCUT2D eigenvalue weighted by atomic mass is 79.9. The second-order valence-electron chi connectivity index (χ2n) is 4.32. The molecule has 2 N–H and O–H groups in total. The van der Waals surface area contributed by atoms with Gasteiger partial charge in [0, 0.05) is 5.56 Å². The SMILES string of the molecule is CCC(C)(N)c1noc(-c2ccc(Br)c(F)c2)n1. The highest BCUT2D eigenvalue weighted by Crippen LogP contribution is 2.25. The van der Waals surface area contributed by atoms with Crippen LogP contribution in [0, 0.1) is 5.82 Å². The van der Waals surface area contributed by atoms with Crippen molar-refractivity contribution < 1.29 is 8.91 Å². The Hall–Kier alpha value is -1.27. The van der Waals surface area contributed by atoms with Gasteiger partial charge in [-0.05, 0) is 47.5 Å². The molecule has 6 heteroatoms. The lowest BCUT2D eigenvalue weighted by molar-refractivity contribution is 0.379. The van der Waals surface area contributed by atoms with Gasteiger partial charge in [-0.1, -0.05) is 12.1 Å². The van der Waals surface area contributed by atoms with Crippen LogP contribution in [0.25, 0.3) is 11.5 Å². The van der Waals surface area contributed by atoms with Gasteiger partial charge < -0.3 is 10.3 Å². The van der Waals surface area contributed by atoms with Crippen molar-refractivity contribution in [2.45, 2.75) is 25.8 Å². The molecule has 1 atom stereocenters. The maximum Gasteiger partial charge on any atom is 0.258 e. The van der Waals surface area contributed by atoms with E-state index in [2.05, 4.69) is 26.1 Å². The van der Waals surface area contributed by atoms with Gasteiger partial charge >= 0.3 is 0 Å². The van der Waals surface area contributed by atoms with Gasteiger partial charge in [0.15, 0.2) is 5.82 Å². The molecule has 2 rings (SSSR count). The van der Waals surface area contributed by atoms with Crippen molar-refractivity contribution in [2.75, 3.05) is 0 Å². The van der Waals surface area contributed by atoms with Crippen molar-refractivity contribution in [2.24, 2.45) is 5.73 Å². The van der Waals surface area contributed by atoms with E-state index in [1.165, 1.54) is 6.07 Å². The normalized spacial score (nSPS) is 14.5. The van der Waals surface area contributed by atoms with Crippen LogP contribution >= 0.6 is 15.9 Å². The second-order valence-corrected chi connectivity index (χ2v) is 5.18. The molecular weight excluding hydrogens is 301 g/mol. The molecule has 18 heavy (non-hydrogen) atoms. The lowest BCUT2D eigenvalue weighted by atomic mass is 10.00. The number of nitrogens with zero attached hydrogens (tertiary/aromatic N) is 2. The molecule has 1 aromatic heterocycles. The van der Waals surface area contributed by atoms with Crippen LogP contribution in [0.2, 0.25) is 0 Å². The molecule has 2 aromatic rings. The monoisotopic (exact) mass is 313 g/mol. The molecule has 1 aromatic carbocycles. The highest BCUT2D eigenvalue weighted by Gasteiger charge is 2.25. The molecule has 96 valence electrons. The van der Waals surface area contributed by atoms with Crippen LogP contribution in [-0.4, -0.2) is 10.1 Å². The molecule has 0 fully saturated rings. The summed E-state index contributed by atoms with van der Waals surface area (Å²) >= 11 is 3.09. The van der Waals surface area contributed by atoms with Gasteiger partial charge in [0.25, 0.3) is 5.89 Å². The third-order valence-corrected chi connectivity index (χ3v) is 3.48. The molecular formula is C12H13BrFN3O. The number of hydrogen-bond donors (Lipinski definition) is 1. The molecule has 0 radical (unpaired) electrons. The quantitative estimate of drug-likeness (QED) is 0.944. The van der Waals surface area contributed by atoms with E-state index in [0.717, 1.165) is 0 Å². The first-order valence-electron chi connectivity index (χ1n) is 5.52. The fourth-order valence-electron chi connectivity index (χ4n) is 1.36. The molecule has 0 saturated heterocycles. The number of benzene rings is 1. The summed E-state index contributed by atoms with van der Waals surface area (Å²) < 4.78 is 18.9. The van der Waals surface area contributed by atoms with E-state index >= 15 is 0 Å². The average molecular weight is 314 g/mol. The van der Waals surface area contributed by atoms with Crippen molar-refractivity contribution in [1.82, 2.24) is 10.1 Å². The average Bonchev–Trinajstić information content (AvgIpc) is 2.83. The van der Waals surface area contributed by atoms with Crippen molar-refractivity contribution >= 4 is 15.9 Å². The van der Waals surface area contributed by atoms with Crippen LogP contribution < -0.4 is 5.73 Å². The summed E-state index contributed by atoms with van der Waals surface area (Å²) in [4.78, 5) is 4.21. The van der Waals surface area contributed by atoms with Crippen molar-refractivity contribution in [3.63, 3.8) is 0 Å². The van der Waals surface area contributed by atoms with E-state index in [1.807, 2.05) is 13.8 Å². The second kappa shape index (κ2) is 4.78. The smallest absolute Gasteiger partial charge is 0.258 e.